The van der Waals surface area contributed by atoms with Crippen LogP contribution in [0.1, 0.15) is 41.7 Å². The minimum Gasteiger partial charge on any atom is -0.309 e. The smallest absolute Gasteiger partial charge is 0.216 e. The van der Waals surface area contributed by atoms with Gasteiger partial charge in [0.1, 0.15) is 0 Å². The third kappa shape index (κ3) is 6.27. The number of aryl methyl sites for hydroxylation is 2. The predicted octanol–water partition coefficient (Wildman–Crippen LogP) is 3.42. The molecule has 0 amide bonds. The van der Waals surface area contributed by atoms with Gasteiger partial charge in [-0.25, -0.2) is 13.1 Å². The van der Waals surface area contributed by atoms with E-state index in [0.717, 1.165) is 17.7 Å². The number of hydrogen-bond donors (Lipinski definition) is 2. The van der Waals surface area contributed by atoms with Gasteiger partial charge in [-0.05, 0) is 55.5 Å². The highest BCUT2D eigenvalue weighted by Crippen LogP contribution is 2.14. The van der Waals surface area contributed by atoms with Gasteiger partial charge in [0.25, 0.3) is 0 Å². The van der Waals surface area contributed by atoms with Crippen LogP contribution in [0.3, 0.4) is 0 Å². The number of hydrogen-bond acceptors (Lipinski definition) is 3. The first kappa shape index (κ1) is 19.6. The highest BCUT2D eigenvalue weighted by atomic mass is 32.2. The van der Waals surface area contributed by atoms with Crippen molar-refractivity contribution in [1.29, 1.82) is 0 Å². The zero-order valence-electron chi connectivity index (χ0n) is 15.5. The van der Waals surface area contributed by atoms with Crippen molar-refractivity contribution in [3.05, 3.63) is 70.3 Å². The van der Waals surface area contributed by atoms with Crippen molar-refractivity contribution in [2.24, 2.45) is 0 Å². The summed E-state index contributed by atoms with van der Waals surface area (Å²) < 4.78 is 27.0. The second-order valence-corrected chi connectivity index (χ2v) is 8.58. The first-order valence-electron chi connectivity index (χ1n) is 8.60. The summed E-state index contributed by atoms with van der Waals surface area (Å²) in [6, 6.07) is 14.0. The number of sulfonamides is 1. The Hall–Kier alpha value is -1.69. The Morgan fingerprint density at radius 1 is 0.920 bits per heavy atom. The van der Waals surface area contributed by atoms with E-state index in [1.165, 1.54) is 16.7 Å². The van der Waals surface area contributed by atoms with Crippen LogP contribution in [-0.4, -0.2) is 14.5 Å². The molecule has 2 rings (SSSR count). The maximum absolute atomic E-state index is 12.2. The van der Waals surface area contributed by atoms with Gasteiger partial charge < -0.3 is 5.32 Å². The Kier molecular flexibility index (Phi) is 6.76. The quantitative estimate of drug-likeness (QED) is 0.758. The van der Waals surface area contributed by atoms with Crippen LogP contribution >= 0.6 is 0 Å². The molecule has 25 heavy (non-hydrogen) atoms. The molecular formula is C20H28N2O2S. The summed E-state index contributed by atoms with van der Waals surface area (Å²) in [6.07, 6.45) is 0. The minimum absolute atomic E-state index is 0.00662. The maximum Gasteiger partial charge on any atom is 0.216 e. The minimum atomic E-state index is -3.32. The summed E-state index contributed by atoms with van der Waals surface area (Å²) in [5.74, 6) is 0.00662. The van der Waals surface area contributed by atoms with Crippen molar-refractivity contribution in [3.8, 4) is 0 Å². The van der Waals surface area contributed by atoms with Gasteiger partial charge in [0.2, 0.25) is 10.0 Å². The fourth-order valence-electron chi connectivity index (χ4n) is 2.73. The van der Waals surface area contributed by atoms with E-state index in [9.17, 15) is 8.42 Å². The van der Waals surface area contributed by atoms with Crippen LogP contribution < -0.4 is 10.0 Å². The molecule has 2 aromatic rings. The van der Waals surface area contributed by atoms with Gasteiger partial charge in [0, 0.05) is 19.1 Å². The molecule has 0 unspecified atom stereocenters. The van der Waals surface area contributed by atoms with Crippen molar-refractivity contribution in [3.63, 3.8) is 0 Å². The van der Waals surface area contributed by atoms with Crippen LogP contribution in [0.2, 0.25) is 0 Å². The Bertz CT molecular complexity index is 814. The topological polar surface area (TPSA) is 58.2 Å². The summed E-state index contributed by atoms with van der Waals surface area (Å²) in [5, 5.41) is 3.42. The van der Waals surface area contributed by atoms with Crippen molar-refractivity contribution in [2.45, 2.75) is 52.6 Å². The van der Waals surface area contributed by atoms with Crippen LogP contribution in [0.5, 0.6) is 0 Å². The molecule has 0 heterocycles. The molecule has 2 aromatic carbocycles. The summed E-state index contributed by atoms with van der Waals surface area (Å²) in [6.45, 7) is 9.27. The maximum atomic E-state index is 12.2. The van der Waals surface area contributed by atoms with E-state index in [4.69, 9.17) is 0 Å². The van der Waals surface area contributed by atoms with Crippen LogP contribution in [0.4, 0.5) is 0 Å². The molecule has 136 valence electrons. The van der Waals surface area contributed by atoms with E-state index in [-0.39, 0.29) is 11.8 Å². The van der Waals surface area contributed by atoms with Crippen molar-refractivity contribution in [2.75, 3.05) is 0 Å². The largest absolute Gasteiger partial charge is 0.309 e. The Balaban J connectivity index is 2.01. The molecule has 0 spiro atoms. The monoisotopic (exact) mass is 360 g/mol. The van der Waals surface area contributed by atoms with Crippen LogP contribution in [-0.2, 0) is 28.9 Å². The third-order valence-corrected chi connectivity index (χ3v) is 5.62. The highest BCUT2D eigenvalue weighted by Gasteiger charge is 2.15. The molecule has 0 aliphatic heterocycles. The summed E-state index contributed by atoms with van der Waals surface area (Å²) in [7, 11) is -3.32. The fourth-order valence-corrected chi connectivity index (χ4v) is 4.22. The molecule has 5 heteroatoms. The van der Waals surface area contributed by atoms with Gasteiger partial charge in [-0.15, -0.1) is 0 Å². The SMILES string of the molecule is Cc1ccc(CNCc2ccccc2CS(=O)(=O)NC(C)C)cc1C. The van der Waals surface area contributed by atoms with Gasteiger partial charge in [-0.1, -0.05) is 42.5 Å². The van der Waals surface area contributed by atoms with Gasteiger partial charge >= 0.3 is 0 Å². The molecule has 0 radical (unpaired) electrons. The lowest BCUT2D eigenvalue weighted by Crippen LogP contribution is -2.31. The molecule has 0 saturated heterocycles. The van der Waals surface area contributed by atoms with E-state index in [2.05, 4.69) is 42.1 Å². The van der Waals surface area contributed by atoms with Crippen LogP contribution in [0.25, 0.3) is 0 Å². The van der Waals surface area contributed by atoms with E-state index in [1.807, 2.05) is 38.1 Å². The summed E-state index contributed by atoms with van der Waals surface area (Å²) >= 11 is 0. The number of rotatable bonds is 8. The Morgan fingerprint density at radius 3 is 2.24 bits per heavy atom. The number of benzene rings is 2. The van der Waals surface area contributed by atoms with Gasteiger partial charge in [0.15, 0.2) is 0 Å². The molecule has 0 aromatic heterocycles. The van der Waals surface area contributed by atoms with Crippen LogP contribution in [0.15, 0.2) is 42.5 Å². The van der Waals surface area contributed by atoms with Crippen molar-refractivity contribution < 1.29 is 8.42 Å². The van der Waals surface area contributed by atoms with E-state index >= 15 is 0 Å². The molecule has 0 aliphatic rings. The lowest BCUT2D eigenvalue weighted by atomic mass is 10.1. The molecule has 0 fully saturated rings. The lowest BCUT2D eigenvalue weighted by Gasteiger charge is -2.13. The number of nitrogens with one attached hydrogen (secondary N) is 2. The molecule has 0 aliphatic carbocycles. The standard InChI is InChI=1S/C20H28N2O2S/c1-15(2)22-25(23,24)14-20-8-6-5-7-19(20)13-21-12-18-10-9-16(3)17(4)11-18/h5-11,15,21-22H,12-14H2,1-4H3. The lowest BCUT2D eigenvalue weighted by molar-refractivity contribution is 0.568. The Labute approximate surface area is 151 Å². The molecule has 2 N–H and O–H groups in total. The van der Waals surface area contributed by atoms with Gasteiger partial charge in [0.05, 0.1) is 5.75 Å². The zero-order chi connectivity index (χ0) is 18.4. The van der Waals surface area contributed by atoms with Crippen LogP contribution in [0, 0.1) is 13.8 Å². The molecule has 4 nitrogen and oxygen atoms in total. The van der Waals surface area contributed by atoms with Crippen molar-refractivity contribution >= 4 is 10.0 Å². The van der Waals surface area contributed by atoms with E-state index < -0.39 is 10.0 Å². The molecule has 0 atom stereocenters. The first-order valence-corrected chi connectivity index (χ1v) is 10.3. The average Bonchev–Trinajstić information content (AvgIpc) is 2.51. The van der Waals surface area contributed by atoms with E-state index in [0.29, 0.717) is 6.54 Å². The first-order chi connectivity index (χ1) is 11.8. The zero-order valence-corrected chi connectivity index (χ0v) is 16.3. The normalized spacial score (nSPS) is 11.9. The fraction of sp³-hybridized carbons (Fsp3) is 0.400. The van der Waals surface area contributed by atoms with E-state index in [1.54, 1.807) is 0 Å². The second kappa shape index (κ2) is 8.61. The molecule has 0 bridgehead atoms. The van der Waals surface area contributed by atoms with Gasteiger partial charge in [-0.2, -0.15) is 0 Å². The molecule has 0 saturated carbocycles. The average molecular weight is 361 g/mol. The predicted molar refractivity (Wildman–Crippen MR) is 104 cm³/mol. The van der Waals surface area contributed by atoms with Crippen molar-refractivity contribution in [1.82, 2.24) is 10.0 Å². The second-order valence-electron chi connectivity index (χ2n) is 6.82. The molecular weight excluding hydrogens is 332 g/mol. The summed E-state index contributed by atoms with van der Waals surface area (Å²) in [5.41, 5.74) is 5.65. The van der Waals surface area contributed by atoms with Gasteiger partial charge in [-0.3, -0.25) is 0 Å². The highest BCUT2D eigenvalue weighted by molar-refractivity contribution is 7.88. The Morgan fingerprint density at radius 2 is 1.60 bits per heavy atom. The third-order valence-electron chi connectivity index (χ3n) is 4.10. The summed E-state index contributed by atoms with van der Waals surface area (Å²) in [4.78, 5) is 0.